The molecule has 0 radical (unpaired) electrons. The van der Waals surface area contributed by atoms with Crippen molar-refractivity contribution in [2.24, 2.45) is 0 Å². The number of pyridine rings is 1. The third kappa shape index (κ3) is 2.44. The van der Waals surface area contributed by atoms with E-state index in [1.165, 1.54) is 4.57 Å². The fourth-order valence-electron chi connectivity index (χ4n) is 1.86. The number of hydrogen-bond donors (Lipinski definition) is 0. The van der Waals surface area contributed by atoms with Gasteiger partial charge in [0.25, 0.3) is 5.56 Å². The van der Waals surface area contributed by atoms with Gasteiger partial charge in [-0.05, 0) is 31.4 Å². The third-order valence-corrected chi connectivity index (χ3v) is 2.69. The van der Waals surface area contributed by atoms with Crippen LogP contribution in [0.2, 0.25) is 0 Å². The summed E-state index contributed by atoms with van der Waals surface area (Å²) in [7, 11) is 0. The Hall–Kier alpha value is -1.65. The second-order valence-corrected chi connectivity index (χ2v) is 3.83. The van der Waals surface area contributed by atoms with E-state index in [1.807, 2.05) is 44.2 Å². The summed E-state index contributed by atoms with van der Waals surface area (Å²) < 4.78 is 12.4. The minimum absolute atomic E-state index is 0.0972. The summed E-state index contributed by atoms with van der Waals surface area (Å²) in [5, 5.41) is 1.59. The molecular formula is C14H17NO3. The molecule has 0 bridgehead atoms. The van der Waals surface area contributed by atoms with Crippen molar-refractivity contribution in [2.45, 2.75) is 20.3 Å². The molecule has 0 N–H and O–H groups in total. The second-order valence-electron chi connectivity index (χ2n) is 3.83. The Labute approximate surface area is 106 Å². The number of ether oxygens (including phenoxy) is 2. The van der Waals surface area contributed by atoms with Crippen molar-refractivity contribution >= 4 is 10.8 Å². The summed E-state index contributed by atoms with van der Waals surface area (Å²) in [5.41, 5.74) is -0.0972. The number of aromatic nitrogens is 1. The highest BCUT2D eigenvalue weighted by molar-refractivity contribution is 5.81. The summed E-state index contributed by atoms with van der Waals surface area (Å²) in [4.78, 5) is 12.3. The minimum Gasteiger partial charge on any atom is -0.335 e. The molecule has 0 aliphatic carbocycles. The van der Waals surface area contributed by atoms with E-state index < -0.39 is 6.41 Å². The standard InChI is InChI=1S/C14H17NO3/c1-3-17-14(18-4-2)15-10-9-11-7-5-6-8-12(11)13(15)16/h5-10,14H,3-4H2,1-2H3. The fourth-order valence-corrected chi connectivity index (χ4v) is 1.86. The van der Waals surface area contributed by atoms with Gasteiger partial charge in [-0.3, -0.25) is 9.36 Å². The molecule has 0 fully saturated rings. The van der Waals surface area contributed by atoms with Gasteiger partial charge in [0.1, 0.15) is 0 Å². The lowest BCUT2D eigenvalue weighted by Crippen LogP contribution is -2.28. The van der Waals surface area contributed by atoms with Gasteiger partial charge in [0.15, 0.2) is 0 Å². The van der Waals surface area contributed by atoms with E-state index in [1.54, 1.807) is 6.20 Å². The molecule has 0 spiro atoms. The van der Waals surface area contributed by atoms with Crippen LogP contribution in [-0.2, 0) is 9.47 Å². The Kier molecular flexibility index (Phi) is 4.12. The van der Waals surface area contributed by atoms with Crippen LogP contribution in [0.1, 0.15) is 20.3 Å². The van der Waals surface area contributed by atoms with E-state index in [2.05, 4.69) is 0 Å². The number of rotatable bonds is 5. The van der Waals surface area contributed by atoms with E-state index in [4.69, 9.17) is 9.47 Å². The number of hydrogen-bond acceptors (Lipinski definition) is 3. The average molecular weight is 247 g/mol. The zero-order valence-electron chi connectivity index (χ0n) is 10.6. The van der Waals surface area contributed by atoms with Gasteiger partial charge < -0.3 is 9.47 Å². The first-order valence-electron chi connectivity index (χ1n) is 6.11. The molecule has 2 aromatic rings. The molecule has 0 unspecified atom stereocenters. The van der Waals surface area contributed by atoms with E-state index in [-0.39, 0.29) is 5.56 Å². The molecule has 4 heteroatoms. The van der Waals surface area contributed by atoms with Crippen molar-refractivity contribution < 1.29 is 9.47 Å². The predicted molar refractivity (Wildman–Crippen MR) is 70.5 cm³/mol. The summed E-state index contributed by atoms with van der Waals surface area (Å²) in [6.45, 7) is 4.73. The number of benzene rings is 1. The number of nitrogens with zero attached hydrogens (tertiary/aromatic N) is 1. The first kappa shape index (κ1) is 12.8. The van der Waals surface area contributed by atoms with Crippen LogP contribution in [0.3, 0.4) is 0 Å². The lowest BCUT2D eigenvalue weighted by Gasteiger charge is -2.19. The SMILES string of the molecule is CCOC(OCC)n1ccc2ccccc2c1=O. The molecule has 0 saturated carbocycles. The molecule has 4 nitrogen and oxygen atoms in total. The van der Waals surface area contributed by atoms with Gasteiger partial charge in [-0.1, -0.05) is 18.2 Å². The Balaban J connectivity index is 2.50. The van der Waals surface area contributed by atoms with Gasteiger partial charge in [0.05, 0.1) is 0 Å². The molecule has 2 rings (SSSR count). The Morgan fingerprint density at radius 1 is 1.11 bits per heavy atom. The summed E-state index contributed by atoms with van der Waals surface area (Å²) in [6, 6.07) is 9.38. The monoisotopic (exact) mass is 247 g/mol. The zero-order chi connectivity index (χ0) is 13.0. The van der Waals surface area contributed by atoms with Gasteiger partial charge in [-0.2, -0.15) is 0 Å². The molecule has 1 heterocycles. The van der Waals surface area contributed by atoms with Crippen molar-refractivity contribution in [3.63, 3.8) is 0 Å². The molecule has 1 aromatic carbocycles. The maximum atomic E-state index is 12.3. The highest BCUT2D eigenvalue weighted by Crippen LogP contribution is 2.13. The number of fused-ring (bicyclic) bond motifs is 1. The van der Waals surface area contributed by atoms with Crippen molar-refractivity contribution in [3.8, 4) is 0 Å². The molecular weight excluding hydrogens is 230 g/mol. The molecule has 96 valence electrons. The van der Waals surface area contributed by atoms with Crippen LogP contribution in [0.5, 0.6) is 0 Å². The van der Waals surface area contributed by atoms with Crippen LogP contribution < -0.4 is 5.56 Å². The summed E-state index contributed by atoms with van der Waals surface area (Å²) in [5.74, 6) is 0. The molecule has 0 atom stereocenters. The lowest BCUT2D eigenvalue weighted by molar-refractivity contribution is -0.187. The Morgan fingerprint density at radius 2 is 1.78 bits per heavy atom. The Bertz CT molecular complexity index is 571. The maximum absolute atomic E-state index is 12.3. The van der Waals surface area contributed by atoms with Crippen LogP contribution in [0.15, 0.2) is 41.3 Å². The van der Waals surface area contributed by atoms with Crippen LogP contribution in [0, 0.1) is 0 Å². The quantitative estimate of drug-likeness (QED) is 0.762. The lowest BCUT2D eigenvalue weighted by atomic mass is 10.2. The Morgan fingerprint density at radius 3 is 2.44 bits per heavy atom. The van der Waals surface area contributed by atoms with E-state index >= 15 is 0 Å². The van der Waals surface area contributed by atoms with Crippen LogP contribution in [0.25, 0.3) is 10.8 Å². The molecule has 0 saturated heterocycles. The zero-order valence-corrected chi connectivity index (χ0v) is 10.6. The van der Waals surface area contributed by atoms with E-state index in [9.17, 15) is 4.79 Å². The normalized spacial score (nSPS) is 11.3. The summed E-state index contributed by atoms with van der Waals surface area (Å²) >= 11 is 0. The largest absolute Gasteiger partial charge is 0.335 e. The van der Waals surface area contributed by atoms with E-state index in [0.717, 1.165) is 5.39 Å². The predicted octanol–water partition coefficient (Wildman–Crippen LogP) is 2.53. The van der Waals surface area contributed by atoms with Crippen molar-refractivity contribution in [3.05, 3.63) is 46.9 Å². The van der Waals surface area contributed by atoms with Crippen LogP contribution >= 0.6 is 0 Å². The third-order valence-electron chi connectivity index (χ3n) is 2.69. The maximum Gasteiger partial charge on any atom is 0.262 e. The highest BCUT2D eigenvalue weighted by atomic mass is 16.7. The molecule has 0 aliphatic heterocycles. The van der Waals surface area contributed by atoms with Gasteiger partial charge >= 0.3 is 0 Å². The molecule has 0 amide bonds. The topological polar surface area (TPSA) is 40.5 Å². The van der Waals surface area contributed by atoms with Gasteiger partial charge in [0, 0.05) is 24.8 Å². The van der Waals surface area contributed by atoms with Gasteiger partial charge in [-0.25, -0.2) is 0 Å². The highest BCUT2D eigenvalue weighted by Gasteiger charge is 2.13. The van der Waals surface area contributed by atoms with Crippen molar-refractivity contribution in [2.75, 3.05) is 13.2 Å². The minimum atomic E-state index is -0.655. The van der Waals surface area contributed by atoms with Gasteiger partial charge in [-0.15, -0.1) is 0 Å². The van der Waals surface area contributed by atoms with Crippen LogP contribution in [0.4, 0.5) is 0 Å². The average Bonchev–Trinajstić information content (AvgIpc) is 2.39. The van der Waals surface area contributed by atoms with E-state index in [0.29, 0.717) is 18.6 Å². The van der Waals surface area contributed by atoms with Crippen LogP contribution in [-0.4, -0.2) is 17.8 Å². The first-order valence-corrected chi connectivity index (χ1v) is 6.11. The molecule has 1 aromatic heterocycles. The van der Waals surface area contributed by atoms with Crippen molar-refractivity contribution in [1.82, 2.24) is 4.57 Å². The van der Waals surface area contributed by atoms with Crippen molar-refractivity contribution in [1.29, 1.82) is 0 Å². The second kappa shape index (κ2) is 5.80. The fraction of sp³-hybridized carbons (Fsp3) is 0.357. The molecule has 0 aliphatic rings. The first-order chi connectivity index (χ1) is 8.77. The van der Waals surface area contributed by atoms with Gasteiger partial charge in [0.2, 0.25) is 6.41 Å². The smallest absolute Gasteiger partial charge is 0.262 e. The molecule has 18 heavy (non-hydrogen) atoms. The summed E-state index contributed by atoms with van der Waals surface area (Å²) in [6.07, 6.45) is 1.05.